The molecule has 1 aliphatic carbocycles. The second-order valence-corrected chi connectivity index (χ2v) is 8.36. The quantitative estimate of drug-likeness (QED) is 0.413. The van der Waals surface area contributed by atoms with Gasteiger partial charge in [-0.05, 0) is 42.5 Å². The Labute approximate surface area is 197 Å². The van der Waals surface area contributed by atoms with E-state index in [1.54, 1.807) is 0 Å². The highest BCUT2D eigenvalue weighted by Crippen LogP contribution is 2.36. The average molecular weight is 489 g/mol. The average Bonchev–Trinajstić information content (AvgIpc) is 3.52. The Kier molecular flexibility index (Phi) is 6.56. The van der Waals surface area contributed by atoms with Gasteiger partial charge >= 0.3 is 6.18 Å². The van der Waals surface area contributed by atoms with Gasteiger partial charge < -0.3 is 15.6 Å². The van der Waals surface area contributed by atoms with E-state index in [0.717, 1.165) is 58.3 Å². The SMILES string of the molecule is CC.Nc1ncnc2c3c(n(-c4ccc(CC(=O)Nc5nc(C(F)(F)F)cs5)cc4)c12)CCC3. The topological polar surface area (TPSA) is 98.7 Å². The summed E-state index contributed by atoms with van der Waals surface area (Å²) in [5.74, 6) is -0.0275. The minimum absolute atomic E-state index is 0.0109. The number of amides is 1. The number of alkyl halides is 3. The van der Waals surface area contributed by atoms with Gasteiger partial charge in [-0.15, -0.1) is 11.3 Å². The van der Waals surface area contributed by atoms with Crippen LogP contribution in [0.25, 0.3) is 16.7 Å². The van der Waals surface area contributed by atoms with Gasteiger partial charge in [0, 0.05) is 16.8 Å². The number of aryl methyl sites for hydroxylation is 1. The minimum atomic E-state index is -4.54. The Bertz CT molecular complexity index is 1330. The lowest BCUT2D eigenvalue weighted by atomic mass is 10.1. The van der Waals surface area contributed by atoms with E-state index in [0.29, 0.717) is 5.82 Å². The first-order valence-corrected chi connectivity index (χ1v) is 11.7. The van der Waals surface area contributed by atoms with Crippen LogP contribution in [0.5, 0.6) is 0 Å². The number of nitrogens with two attached hydrogens (primary N) is 1. The summed E-state index contributed by atoms with van der Waals surface area (Å²) in [4.78, 5) is 24.3. The molecule has 0 spiro atoms. The summed E-state index contributed by atoms with van der Waals surface area (Å²) in [5.41, 5.74) is 10.8. The second-order valence-electron chi connectivity index (χ2n) is 7.50. The number of nitrogens with zero attached hydrogens (tertiary/aromatic N) is 4. The molecule has 0 bridgehead atoms. The zero-order chi connectivity index (χ0) is 24.5. The third-order valence-corrected chi connectivity index (χ3v) is 6.18. The lowest BCUT2D eigenvalue weighted by Crippen LogP contribution is -2.15. The highest BCUT2D eigenvalue weighted by atomic mass is 32.1. The number of rotatable bonds is 4. The van der Waals surface area contributed by atoms with Crippen LogP contribution in [-0.4, -0.2) is 25.4 Å². The molecule has 1 aliphatic rings. The van der Waals surface area contributed by atoms with E-state index in [-0.39, 0.29) is 11.6 Å². The molecule has 0 unspecified atom stereocenters. The molecular weight excluding hydrogens is 465 g/mol. The largest absolute Gasteiger partial charge is 0.434 e. The van der Waals surface area contributed by atoms with E-state index in [9.17, 15) is 18.0 Å². The van der Waals surface area contributed by atoms with Gasteiger partial charge in [0.1, 0.15) is 11.8 Å². The molecule has 0 radical (unpaired) electrons. The normalized spacial score (nSPS) is 12.9. The van der Waals surface area contributed by atoms with Crippen LogP contribution in [0.4, 0.5) is 24.1 Å². The molecule has 0 aliphatic heterocycles. The minimum Gasteiger partial charge on any atom is -0.382 e. The van der Waals surface area contributed by atoms with Gasteiger partial charge in [0.05, 0.1) is 11.9 Å². The summed E-state index contributed by atoms with van der Waals surface area (Å²) < 4.78 is 40.1. The van der Waals surface area contributed by atoms with Crippen molar-refractivity contribution in [3.05, 3.63) is 58.5 Å². The van der Waals surface area contributed by atoms with Crippen molar-refractivity contribution in [1.29, 1.82) is 0 Å². The number of hydrogen-bond acceptors (Lipinski definition) is 6. The summed E-state index contributed by atoms with van der Waals surface area (Å²) in [6, 6.07) is 7.40. The van der Waals surface area contributed by atoms with Crippen molar-refractivity contribution in [2.75, 3.05) is 11.1 Å². The number of aromatic nitrogens is 4. The Morgan fingerprint density at radius 2 is 1.91 bits per heavy atom. The van der Waals surface area contributed by atoms with Crippen molar-refractivity contribution in [3.63, 3.8) is 0 Å². The lowest BCUT2D eigenvalue weighted by Gasteiger charge is -2.11. The van der Waals surface area contributed by atoms with Gasteiger partial charge in [0.25, 0.3) is 0 Å². The van der Waals surface area contributed by atoms with Gasteiger partial charge in [0.2, 0.25) is 5.91 Å². The Balaban J connectivity index is 0.00000133. The second kappa shape index (κ2) is 9.41. The van der Waals surface area contributed by atoms with Gasteiger partial charge in [-0.1, -0.05) is 26.0 Å². The fourth-order valence-electron chi connectivity index (χ4n) is 4.06. The van der Waals surface area contributed by atoms with Crippen LogP contribution in [0.3, 0.4) is 0 Å². The molecule has 3 aromatic heterocycles. The maximum absolute atomic E-state index is 12.7. The van der Waals surface area contributed by atoms with E-state index >= 15 is 0 Å². The van der Waals surface area contributed by atoms with Crippen LogP contribution in [0.15, 0.2) is 36.0 Å². The summed E-state index contributed by atoms with van der Waals surface area (Å²) in [7, 11) is 0. The zero-order valence-corrected chi connectivity index (χ0v) is 19.4. The summed E-state index contributed by atoms with van der Waals surface area (Å²) >= 11 is 0.740. The highest BCUT2D eigenvalue weighted by molar-refractivity contribution is 7.13. The van der Waals surface area contributed by atoms with Gasteiger partial charge in [-0.25, -0.2) is 15.0 Å². The summed E-state index contributed by atoms with van der Waals surface area (Å²) in [6.45, 7) is 4.00. The van der Waals surface area contributed by atoms with Crippen molar-refractivity contribution in [2.24, 2.45) is 0 Å². The Morgan fingerprint density at radius 1 is 1.18 bits per heavy atom. The summed E-state index contributed by atoms with van der Waals surface area (Å²) in [5, 5.41) is 3.22. The maximum atomic E-state index is 12.7. The molecule has 3 N–H and O–H groups in total. The first-order valence-electron chi connectivity index (χ1n) is 10.9. The van der Waals surface area contributed by atoms with Crippen LogP contribution in [-0.2, 0) is 30.2 Å². The fourth-order valence-corrected chi connectivity index (χ4v) is 4.79. The van der Waals surface area contributed by atoms with Crippen LogP contribution >= 0.6 is 11.3 Å². The molecule has 11 heteroatoms. The Hall–Kier alpha value is -3.47. The van der Waals surface area contributed by atoms with Gasteiger partial charge in [-0.3, -0.25) is 4.79 Å². The van der Waals surface area contributed by atoms with E-state index < -0.39 is 17.8 Å². The number of halogens is 3. The van der Waals surface area contributed by atoms with Crippen LogP contribution in [0.2, 0.25) is 0 Å². The Morgan fingerprint density at radius 3 is 2.59 bits per heavy atom. The van der Waals surface area contributed by atoms with Crippen LogP contribution < -0.4 is 11.1 Å². The molecule has 0 atom stereocenters. The molecule has 0 saturated carbocycles. The van der Waals surface area contributed by atoms with Crippen molar-refractivity contribution in [1.82, 2.24) is 19.5 Å². The molecule has 178 valence electrons. The third kappa shape index (κ3) is 4.47. The number of nitrogens with one attached hydrogen (secondary N) is 1. The fraction of sp³-hybridized carbons (Fsp3) is 0.304. The first kappa shape index (κ1) is 23.7. The number of carbonyl (C=O) groups is 1. The first-order chi connectivity index (χ1) is 16.3. The molecule has 5 rings (SSSR count). The van der Waals surface area contributed by atoms with E-state index in [4.69, 9.17) is 5.73 Å². The van der Waals surface area contributed by atoms with E-state index in [1.165, 1.54) is 17.6 Å². The molecular formula is C23H23F3N6OS. The summed E-state index contributed by atoms with van der Waals surface area (Å²) in [6.07, 6.45) is -0.134. The predicted molar refractivity (Wildman–Crippen MR) is 126 cm³/mol. The molecule has 0 saturated heterocycles. The monoisotopic (exact) mass is 488 g/mol. The maximum Gasteiger partial charge on any atom is 0.434 e. The molecule has 1 amide bonds. The van der Waals surface area contributed by atoms with Crippen molar-refractivity contribution in [3.8, 4) is 5.69 Å². The molecule has 1 aromatic carbocycles. The van der Waals surface area contributed by atoms with Crippen molar-refractivity contribution in [2.45, 2.75) is 45.7 Å². The van der Waals surface area contributed by atoms with Gasteiger partial charge in [0.15, 0.2) is 16.6 Å². The van der Waals surface area contributed by atoms with Crippen molar-refractivity contribution >= 4 is 39.2 Å². The smallest absolute Gasteiger partial charge is 0.382 e. The zero-order valence-electron chi connectivity index (χ0n) is 18.6. The van der Waals surface area contributed by atoms with Crippen LogP contribution in [0.1, 0.15) is 42.8 Å². The van der Waals surface area contributed by atoms with Crippen LogP contribution in [0, 0.1) is 0 Å². The molecule has 0 fully saturated rings. The lowest BCUT2D eigenvalue weighted by molar-refractivity contribution is -0.140. The number of benzene rings is 1. The number of nitrogen functional groups attached to an aromatic ring is 1. The van der Waals surface area contributed by atoms with Gasteiger partial charge in [-0.2, -0.15) is 13.2 Å². The van der Waals surface area contributed by atoms with Crippen molar-refractivity contribution < 1.29 is 18.0 Å². The third-order valence-electron chi connectivity index (χ3n) is 5.42. The van der Waals surface area contributed by atoms with E-state index in [2.05, 4.69) is 24.8 Å². The van der Waals surface area contributed by atoms with E-state index in [1.807, 2.05) is 38.1 Å². The molecule has 3 heterocycles. The number of fused-ring (bicyclic) bond motifs is 3. The molecule has 4 aromatic rings. The standard InChI is InChI=1S/C21H17F3N6OS.C2H6/c22-21(23,24)15-9-32-20(28-15)29-16(31)8-11-4-6-12(7-5-11)30-14-3-1-2-13(14)17-18(30)19(25)27-10-26-17;1-2/h4-7,9-10H,1-3,8H2,(H2,25,26,27)(H,28,29,31);1-2H3. The number of hydrogen-bond donors (Lipinski definition) is 2. The predicted octanol–water partition coefficient (Wildman–Crippen LogP) is 5.17. The number of carbonyl (C=O) groups excluding carboxylic acids is 1. The highest BCUT2D eigenvalue weighted by Gasteiger charge is 2.34. The molecule has 7 nitrogen and oxygen atoms in total. The number of anilines is 2. The molecule has 34 heavy (non-hydrogen) atoms. The number of thiazole rings is 1.